The van der Waals surface area contributed by atoms with Gasteiger partial charge in [-0.2, -0.15) is 15.0 Å². The molecule has 0 spiro atoms. The highest BCUT2D eigenvalue weighted by atomic mass is 35.5. The summed E-state index contributed by atoms with van der Waals surface area (Å²) in [6, 6.07) is 0.280. The molecule has 1 aliphatic rings. The topological polar surface area (TPSA) is 59.9 Å². The van der Waals surface area contributed by atoms with Gasteiger partial charge in [-0.1, -0.05) is 19.8 Å². The number of rotatable bonds is 5. The number of nitrogens with one attached hydrogen (secondary N) is 1. The van der Waals surface area contributed by atoms with Gasteiger partial charge in [0.05, 0.1) is 6.61 Å². The molecule has 0 unspecified atom stereocenters. The molecule has 0 saturated heterocycles. The lowest BCUT2D eigenvalue weighted by Gasteiger charge is -2.26. The number of hydrogen-bond donors (Lipinski definition) is 1. The molecule has 1 aromatic rings. The van der Waals surface area contributed by atoms with Crippen LogP contribution in [0, 0.1) is 11.8 Å². The summed E-state index contributed by atoms with van der Waals surface area (Å²) in [4.78, 5) is 12.2. The largest absolute Gasteiger partial charge is 0.464 e. The Labute approximate surface area is 119 Å². The summed E-state index contributed by atoms with van der Waals surface area (Å²) in [7, 11) is 0. The monoisotopic (exact) mass is 284 g/mol. The Morgan fingerprint density at radius 3 is 2.63 bits per heavy atom. The fraction of sp³-hybridized carbons (Fsp3) is 0.769. The second-order valence-electron chi connectivity index (χ2n) is 5.15. The molecule has 1 saturated carbocycles. The molecule has 0 aromatic carbocycles. The predicted octanol–water partition coefficient (Wildman–Crippen LogP) is 3.16. The van der Waals surface area contributed by atoms with Crippen LogP contribution in [0.4, 0.5) is 5.95 Å². The van der Waals surface area contributed by atoms with E-state index in [-0.39, 0.29) is 11.3 Å². The summed E-state index contributed by atoms with van der Waals surface area (Å²) in [5, 5.41) is 3.41. The van der Waals surface area contributed by atoms with Crippen molar-refractivity contribution in [2.75, 3.05) is 18.5 Å². The van der Waals surface area contributed by atoms with Gasteiger partial charge in [-0.15, -0.1) is 0 Å². The van der Waals surface area contributed by atoms with Crippen LogP contribution in [0.25, 0.3) is 0 Å². The van der Waals surface area contributed by atoms with Crippen LogP contribution in [0.3, 0.4) is 0 Å². The summed E-state index contributed by atoms with van der Waals surface area (Å²) in [5.74, 6) is 2.07. The van der Waals surface area contributed by atoms with E-state index in [9.17, 15) is 0 Å². The van der Waals surface area contributed by atoms with Crippen LogP contribution < -0.4 is 10.1 Å². The van der Waals surface area contributed by atoms with Gasteiger partial charge < -0.3 is 10.1 Å². The normalized spacial score (nSPS) is 23.1. The quantitative estimate of drug-likeness (QED) is 0.900. The van der Waals surface area contributed by atoms with Gasteiger partial charge in [0.25, 0.3) is 0 Å². The number of hydrogen-bond acceptors (Lipinski definition) is 5. The fourth-order valence-electron chi connectivity index (χ4n) is 2.37. The molecule has 1 fully saturated rings. The summed E-state index contributed by atoms with van der Waals surface area (Å²) >= 11 is 5.84. The van der Waals surface area contributed by atoms with E-state index in [0.717, 1.165) is 12.5 Å². The van der Waals surface area contributed by atoms with Gasteiger partial charge in [0.15, 0.2) is 0 Å². The first-order valence-corrected chi connectivity index (χ1v) is 7.33. The summed E-state index contributed by atoms with van der Waals surface area (Å²) < 4.78 is 5.25. The Morgan fingerprint density at radius 2 is 1.95 bits per heavy atom. The predicted molar refractivity (Wildman–Crippen MR) is 75.6 cm³/mol. The van der Waals surface area contributed by atoms with Crippen molar-refractivity contribution in [1.82, 2.24) is 15.0 Å². The zero-order valence-electron chi connectivity index (χ0n) is 11.5. The average molecular weight is 285 g/mol. The van der Waals surface area contributed by atoms with E-state index in [0.29, 0.717) is 18.5 Å². The zero-order valence-corrected chi connectivity index (χ0v) is 12.3. The van der Waals surface area contributed by atoms with Gasteiger partial charge in [-0.25, -0.2) is 0 Å². The Kier molecular flexibility index (Phi) is 5.19. The van der Waals surface area contributed by atoms with Crippen molar-refractivity contribution in [3.8, 4) is 6.01 Å². The van der Waals surface area contributed by atoms with E-state index in [4.69, 9.17) is 16.3 Å². The molecule has 6 heteroatoms. The molecule has 1 N–H and O–H groups in total. The minimum Gasteiger partial charge on any atom is -0.464 e. The number of ether oxygens (including phenoxy) is 1. The Bertz CT molecular complexity index is 408. The Balaban J connectivity index is 1.88. The van der Waals surface area contributed by atoms with Crippen molar-refractivity contribution in [1.29, 1.82) is 0 Å². The maximum atomic E-state index is 5.84. The molecule has 1 aliphatic carbocycles. The van der Waals surface area contributed by atoms with Gasteiger partial charge in [-0.05, 0) is 43.2 Å². The third-order valence-corrected chi connectivity index (χ3v) is 3.71. The Hall–Kier alpha value is -1.10. The number of halogens is 1. The first-order chi connectivity index (χ1) is 9.17. The van der Waals surface area contributed by atoms with Crippen molar-refractivity contribution in [2.24, 2.45) is 11.8 Å². The molecule has 1 aromatic heterocycles. The molecule has 0 bridgehead atoms. The average Bonchev–Trinajstić information content (AvgIpc) is 2.38. The SMILES string of the molecule is CCOc1nc(Cl)nc(NCC2CCC(C)CC2)n1. The van der Waals surface area contributed by atoms with Crippen LogP contribution in [-0.4, -0.2) is 28.1 Å². The van der Waals surface area contributed by atoms with E-state index in [1.165, 1.54) is 25.7 Å². The molecular formula is C13H21ClN4O. The fourth-order valence-corrected chi connectivity index (χ4v) is 2.53. The van der Waals surface area contributed by atoms with E-state index in [2.05, 4.69) is 27.2 Å². The van der Waals surface area contributed by atoms with E-state index < -0.39 is 0 Å². The molecule has 0 atom stereocenters. The van der Waals surface area contributed by atoms with Crippen molar-refractivity contribution in [2.45, 2.75) is 39.5 Å². The lowest BCUT2D eigenvalue weighted by atomic mass is 9.83. The molecule has 0 radical (unpaired) electrons. The molecule has 2 rings (SSSR count). The molecular weight excluding hydrogens is 264 g/mol. The van der Waals surface area contributed by atoms with Crippen LogP contribution in [0.1, 0.15) is 39.5 Å². The van der Waals surface area contributed by atoms with Gasteiger partial charge in [0.1, 0.15) is 0 Å². The van der Waals surface area contributed by atoms with Gasteiger partial charge >= 0.3 is 6.01 Å². The third kappa shape index (κ3) is 4.49. The highest BCUT2D eigenvalue weighted by Gasteiger charge is 2.18. The second kappa shape index (κ2) is 6.89. The minimum absolute atomic E-state index is 0.165. The van der Waals surface area contributed by atoms with Crippen LogP contribution in [0.2, 0.25) is 5.28 Å². The molecule has 0 aliphatic heterocycles. The Morgan fingerprint density at radius 1 is 1.21 bits per heavy atom. The molecule has 106 valence electrons. The van der Waals surface area contributed by atoms with E-state index >= 15 is 0 Å². The first kappa shape index (κ1) is 14.3. The standard InChI is InChI=1S/C13H21ClN4O/c1-3-19-13-17-11(14)16-12(18-13)15-8-10-6-4-9(2)5-7-10/h9-10H,3-8H2,1-2H3,(H,15,16,17,18). The first-order valence-electron chi connectivity index (χ1n) is 6.95. The highest BCUT2D eigenvalue weighted by molar-refractivity contribution is 6.28. The van der Waals surface area contributed by atoms with Crippen molar-refractivity contribution >= 4 is 17.5 Å². The van der Waals surface area contributed by atoms with Crippen LogP contribution in [0.15, 0.2) is 0 Å². The molecule has 0 amide bonds. The molecule has 19 heavy (non-hydrogen) atoms. The van der Waals surface area contributed by atoms with Crippen LogP contribution in [0.5, 0.6) is 6.01 Å². The van der Waals surface area contributed by atoms with E-state index in [1.807, 2.05) is 6.92 Å². The lowest BCUT2D eigenvalue weighted by Crippen LogP contribution is -2.21. The molecule has 5 nitrogen and oxygen atoms in total. The summed E-state index contributed by atoms with van der Waals surface area (Å²) in [5.41, 5.74) is 0. The minimum atomic E-state index is 0.165. The second-order valence-corrected chi connectivity index (χ2v) is 5.49. The van der Waals surface area contributed by atoms with Crippen molar-refractivity contribution in [3.63, 3.8) is 0 Å². The van der Waals surface area contributed by atoms with E-state index in [1.54, 1.807) is 0 Å². The van der Waals surface area contributed by atoms with Gasteiger partial charge in [0.2, 0.25) is 11.2 Å². The summed E-state index contributed by atoms with van der Waals surface area (Å²) in [6.07, 6.45) is 5.17. The van der Waals surface area contributed by atoms with Crippen LogP contribution >= 0.6 is 11.6 Å². The maximum Gasteiger partial charge on any atom is 0.322 e. The highest BCUT2D eigenvalue weighted by Crippen LogP contribution is 2.28. The van der Waals surface area contributed by atoms with Crippen molar-refractivity contribution in [3.05, 3.63) is 5.28 Å². The maximum absolute atomic E-state index is 5.84. The zero-order chi connectivity index (χ0) is 13.7. The van der Waals surface area contributed by atoms with Crippen molar-refractivity contribution < 1.29 is 4.74 Å². The summed E-state index contributed by atoms with van der Waals surface area (Å²) in [6.45, 7) is 5.61. The number of nitrogens with zero attached hydrogens (tertiary/aromatic N) is 3. The molecule has 1 heterocycles. The lowest BCUT2D eigenvalue weighted by molar-refractivity contribution is 0.299. The number of anilines is 1. The van der Waals surface area contributed by atoms with Gasteiger partial charge in [-0.3, -0.25) is 0 Å². The third-order valence-electron chi connectivity index (χ3n) is 3.55. The van der Waals surface area contributed by atoms with Gasteiger partial charge in [0, 0.05) is 6.54 Å². The van der Waals surface area contributed by atoms with Crippen LogP contribution in [-0.2, 0) is 0 Å². The smallest absolute Gasteiger partial charge is 0.322 e. The number of aromatic nitrogens is 3.